The summed E-state index contributed by atoms with van der Waals surface area (Å²) in [6.45, 7) is 2.95. The predicted octanol–water partition coefficient (Wildman–Crippen LogP) is 3.06. The van der Waals surface area contributed by atoms with Crippen molar-refractivity contribution in [2.24, 2.45) is 0 Å². The van der Waals surface area contributed by atoms with Gasteiger partial charge < -0.3 is 5.32 Å². The average Bonchev–Trinajstić information content (AvgIpc) is 2.69. The van der Waals surface area contributed by atoms with E-state index < -0.39 is 0 Å². The molecule has 0 radical (unpaired) electrons. The molecular formula is C11H12N2S. The first kappa shape index (κ1) is 9.21. The highest BCUT2D eigenvalue weighted by molar-refractivity contribution is 7.07. The van der Waals surface area contributed by atoms with Gasteiger partial charge in [0.1, 0.15) is 0 Å². The molecule has 2 heterocycles. The molecule has 0 saturated heterocycles. The van der Waals surface area contributed by atoms with Crippen LogP contribution in [0.5, 0.6) is 0 Å². The topological polar surface area (TPSA) is 24.9 Å². The van der Waals surface area contributed by atoms with Crippen LogP contribution in [0.2, 0.25) is 0 Å². The molecule has 0 aromatic carbocycles. The second-order valence-corrected chi connectivity index (χ2v) is 3.96. The smallest absolute Gasteiger partial charge is 0.0559 e. The highest BCUT2D eigenvalue weighted by atomic mass is 32.1. The summed E-state index contributed by atoms with van der Waals surface area (Å²) in [5, 5.41) is 7.60. The van der Waals surface area contributed by atoms with Crippen molar-refractivity contribution in [2.75, 3.05) is 5.32 Å². The number of hydrogen-bond acceptors (Lipinski definition) is 3. The van der Waals surface area contributed by atoms with Crippen LogP contribution in [0.3, 0.4) is 0 Å². The Morgan fingerprint density at radius 2 is 2.36 bits per heavy atom. The van der Waals surface area contributed by atoms with Gasteiger partial charge in [-0.15, -0.1) is 0 Å². The Morgan fingerprint density at radius 3 is 3.07 bits per heavy atom. The zero-order chi connectivity index (χ0) is 9.80. The maximum atomic E-state index is 4.09. The number of anilines is 1. The largest absolute Gasteiger partial charge is 0.379 e. The predicted molar refractivity (Wildman–Crippen MR) is 60.6 cm³/mol. The summed E-state index contributed by atoms with van der Waals surface area (Å²) in [5.74, 6) is 0. The Morgan fingerprint density at radius 1 is 1.43 bits per heavy atom. The van der Waals surface area contributed by atoms with Gasteiger partial charge in [0, 0.05) is 12.7 Å². The SMILES string of the molecule is Cc1ccncc1NCc1ccsc1. The Kier molecular flexibility index (Phi) is 2.79. The molecule has 0 aliphatic carbocycles. The summed E-state index contributed by atoms with van der Waals surface area (Å²) in [6, 6.07) is 4.14. The molecule has 0 fully saturated rings. The molecular weight excluding hydrogens is 192 g/mol. The van der Waals surface area contributed by atoms with Crippen LogP contribution in [0.1, 0.15) is 11.1 Å². The van der Waals surface area contributed by atoms with Crippen LogP contribution >= 0.6 is 11.3 Å². The van der Waals surface area contributed by atoms with E-state index in [1.54, 1.807) is 11.3 Å². The molecule has 0 atom stereocenters. The van der Waals surface area contributed by atoms with Crippen molar-refractivity contribution in [3.05, 3.63) is 46.4 Å². The molecule has 72 valence electrons. The van der Waals surface area contributed by atoms with Gasteiger partial charge in [-0.05, 0) is 40.9 Å². The van der Waals surface area contributed by atoms with Crippen molar-refractivity contribution < 1.29 is 0 Å². The van der Waals surface area contributed by atoms with E-state index in [1.807, 2.05) is 18.5 Å². The van der Waals surface area contributed by atoms with E-state index in [1.165, 1.54) is 11.1 Å². The van der Waals surface area contributed by atoms with Gasteiger partial charge in [-0.3, -0.25) is 4.98 Å². The van der Waals surface area contributed by atoms with Crippen LogP contribution in [-0.4, -0.2) is 4.98 Å². The Labute approximate surface area is 87.6 Å². The Bertz CT molecular complexity index is 395. The van der Waals surface area contributed by atoms with E-state index in [4.69, 9.17) is 0 Å². The fourth-order valence-electron chi connectivity index (χ4n) is 1.24. The molecule has 0 bridgehead atoms. The minimum Gasteiger partial charge on any atom is -0.379 e. The second kappa shape index (κ2) is 4.24. The van der Waals surface area contributed by atoms with Crippen LogP contribution in [0.25, 0.3) is 0 Å². The van der Waals surface area contributed by atoms with Crippen molar-refractivity contribution in [2.45, 2.75) is 13.5 Å². The molecule has 2 nitrogen and oxygen atoms in total. The lowest BCUT2D eigenvalue weighted by atomic mass is 10.2. The first-order chi connectivity index (χ1) is 6.86. The second-order valence-electron chi connectivity index (χ2n) is 3.18. The van der Waals surface area contributed by atoms with Crippen LogP contribution in [-0.2, 0) is 6.54 Å². The van der Waals surface area contributed by atoms with Crippen molar-refractivity contribution in [3.63, 3.8) is 0 Å². The highest BCUT2D eigenvalue weighted by Gasteiger charge is 1.97. The van der Waals surface area contributed by atoms with Crippen LogP contribution < -0.4 is 5.32 Å². The van der Waals surface area contributed by atoms with E-state index in [-0.39, 0.29) is 0 Å². The van der Waals surface area contributed by atoms with E-state index >= 15 is 0 Å². The maximum absolute atomic E-state index is 4.09. The molecule has 0 aliphatic heterocycles. The molecule has 0 spiro atoms. The highest BCUT2D eigenvalue weighted by Crippen LogP contribution is 2.14. The summed E-state index contributed by atoms with van der Waals surface area (Å²) in [4.78, 5) is 4.09. The summed E-state index contributed by atoms with van der Waals surface area (Å²) in [5.41, 5.74) is 3.66. The van der Waals surface area contributed by atoms with Crippen molar-refractivity contribution in [1.82, 2.24) is 4.98 Å². The van der Waals surface area contributed by atoms with Crippen LogP contribution in [0, 0.1) is 6.92 Å². The number of rotatable bonds is 3. The van der Waals surface area contributed by atoms with Gasteiger partial charge in [0.25, 0.3) is 0 Å². The number of thiophene rings is 1. The van der Waals surface area contributed by atoms with E-state index in [9.17, 15) is 0 Å². The summed E-state index contributed by atoms with van der Waals surface area (Å²) in [6.07, 6.45) is 3.67. The third kappa shape index (κ3) is 2.12. The summed E-state index contributed by atoms with van der Waals surface area (Å²) < 4.78 is 0. The molecule has 1 N–H and O–H groups in total. The van der Waals surface area contributed by atoms with Gasteiger partial charge >= 0.3 is 0 Å². The average molecular weight is 204 g/mol. The molecule has 2 aromatic heterocycles. The third-order valence-corrected chi connectivity index (χ3v) is 2.83. The zero-order valence-electron chi connectivity index (χ0n) is 8.03. The lowest BCUT2D eigenvalue weighted by Gasteiger charge is -2.06. The van der Waals surface area contributed by atoms with Crippen LogP contribution in [0.4, 0.5) is 5.69 Å². The van der Waals surface area contributed by atoms with Gasteiger partial charge in [0.2, 0.25) is 0 Å². The first-order valence-electron chi connectivity index (χ1n) is 4.52. The Balaban J connectivity index is 2.02. The fourth-order valence-corrected chi connectivity index (χ4v) is 1.91. The monoisotopic (exact) mass is 204 g/mol. The van der Waals surface area contributed by atoms with Crippen molar-refractivity contribution >= 4 is 17.0 Å². The van der Waals surface area contributed by atoms with Crippen molar-refractivity contribution in [3.8, 4) is 0 Å². The molecule has 0 saturated carbocycles. The fraction of sp³-hybridized carbons (Fsp3) is 0.182. The molecule has 2 aromatic rings. The normalized spacial score (nSPS) is 10.1. The van der Waals surface area contributed by atoms with Gasteiger partial charge in [-0.1, -0.05) is 0 Å². The molecule has 2 rings (SSSR count). The number of nitrogens with one attached hydrogen (secondary N) is 1. The number of aromatic nitrogens is 1. The zero-order valence-corrected chi connectivity index (χ0v) is 8.84. The molecule has 14 heavy (non-hydrogen) atoms. The van der Waals surface area contributed by atoms with E-state index in [0.717, 1.165) is 12.2 Å². The minimum atomic E-state index is 0.871. The number of aryl methyl sites for hydroxylation is 1. The van der Waals surface area contributed by atoms with Crippen molar-refractivity contribution in [1.29, 1.82) is 0 Å². The van der Waals surface area contributed by atoms with Gasteiger partial charge in [0.05, 0.1) is 11.9 Å². The maximum Gasteiger partial charge on any atom is 0.0559 e. The van der Waals surface area contributed by atoms with Gasteiger partial charge in [-0.2, -0.15) is 11.3 Å². The standard InChI is InChI=1S/C11H12N2S/c1-9-2-4-12-7-11(9)13-6-10-3-5-14-8-10/h2-5,7-8,13H,6H2,1H3. The minimum absolute atomic E-state index is 0.871. The lowest BCUT2D eigenvalue weighted by Crippen LogP contribution is -1.99. The van der Waals surface area contributed by atoms with Gasteiger partial charge in [0.15, 0.2) is 0 Å². The van der Waals surface area contributed by atoms with Crippen LogP contribution in [0.15, 0.2) is 35.3 Å². The Hall–Kier alpha value is -1.35. The summed E-state index contributed by atoms with van der Waals surface area (Å²) >= 11 is 1.72. The van der Waals surface area contributed by atoms with E-state index in [2.05, 4.69) is 34.1 Å². The number of nitrogens with zero attached hydrogens (tertiary/aromatic N) is 1. The number of hydrogen-bond donors (Lipinski definition) is 1. The molecule has 0 unspecified atom stereocenters. The number of pyridine rings is 1. The molecule has 0 aliphatic rings. The lowest BCUT2D eigenvalue weighted by molar-refractivity contribution is 1.13. The quantitative estimate of drug-likeness (QED) is 0.831. The van der Waals surface area contributed by atoms with E-state index in [0.29, 0.717) is 0 Å². The van der Waals surface area contributed by atoms with Gasteiger partial charge in [-0.25, -0.2) is 0 Å². The third-order valence-electron chi connectivity index (χ3n) is 2.10. The summed E-state index contributed by atoms with van der Waals surface area (Å²) in [7, 11) is 0. The molecule has 0 amide bonds. The first-order valence-corrected chi connectivity index (χ1v) is 5.46. The molecule has 3 heteroatoms.